The second-order valence-electron chi connectivity index (χ2n) is 3.47. The van der Waals surface area contributed by atoms with Crippen molar-refractivity contribution in [3.63, 3.8) is 0 Å². The fourth-order valence-electron chi connectivity index (χ4n) is 0.716. The van der Waals surface area contributed by atoms with E-state index in [1.54, 1.807) is 0 Å². The van der Waals surface area contributed by atoms with E-state index in [0.29, 0.717) is 0 Å². The summed E-state index contributed by atoms with van der Waals surface area (Å²) >= 11 is 0. The maximum atomic E-state index is 11.1. The van der Waals surface area contributed by atoms with E-state index in [9.17, 15) is 9.90 Å². The monoisotopic (exact) mass is 170 g/mol. The Morgan fingerprint density at radius 2 is 2.08 bits per heavy atom. The first-order chi connectivity index (χ1) is 5.48. The molecule has 2 nitrogen and oxygen atoms in total. The van der Waals surface area contributed by atoms with Crippen molar-refractivity contribution >= 4 is 5.78 Å². The number of ketones is 1. The van der Waals surface area contributed by atoms with Crippen molar-refractivity contribution in [3.8, 4) is 0 Å². The third-order valence-corrected chi connectivity index (χ3v) is 1.60. The molecule has 2 heteroatoms. The Bertz CT molecular complexity index is 163. The number of carbonyl (C=O) groups excluding carboxylic acids is 1. The lowest BCUT2D eigenvalue weighted by Gasteiger charge is -2.11. The van der Waals surface area contributed by atoms with E-state index in [1.807, 2.05) is 6.08 Å². The van der Waals surface area contributed by atoms with Crippen molar-refractivity contribution in [2.24, 2.45) is 0 Å². The first kappa shape index (κ1) is 11.4. The molecule has 0 fully saturated rings. The molecule has 0 saturated carbocycles. The van der Waals surface area contributed by atoms with Crippen LogP contribution in [0, 0.1) is 0 Å². The number of aliphatic hydroxyl groups is 1. The molecule has 0 aliphatic carbocycles. The summed E-state index contributed by atoms with van der Waals surface area (Å²) in [4.78, 5) is 11.1. The van der Waals surface area contributed by atoms with Gasteiger partial charge in [0.1, 0.15) is 5.60 Å². The molecule has 0 aromatic carbocycles. The van der Waals surface area contributed by atoms with Crippen LogP contribution in [0.25, 0.3) is 0 Å². The summed E-state index contributed by atoms with van der Waals surface area (Å²) in [5, 5.41) is 9.24. The van der Waals surface area contributed by atoms with Gasteiger partial charge in [-0.3, -0.25) is 4.79 Å². The van der Waals surface area contributed by atoms with Gasteiger partial charge in [0.2, 0.25) is 0 Å². The third-order valence-electron chi connectivity index (χ3n) is 1.60. The van der Waals surface area contributed by atoms with Gasteiger partial charge in [-0.1, -0.05) is 25.8 Å². The number of rotatable bonds is 5. The van der Waals surface area contributed by atoms with Crippen LogP contribution in [0.15, 0.2) is 12.2 Å². The molecule has 0 aromatic rings. The minimum Gasteiger partial charge on any atom is -0.382 e. The molecular formula is C10H18O2. The summed E-state index contributed by atoms with van der Waals surface area (Å²) in [6.45, 7) is 5.10. The predicted octanol–water partition coefficient (Wildman–Crippen LogP) is 2.07. The summed E-state index contributed by atoms with van der Waals surface area (Å²) < 4.78 is 0. The smallest absolute Gasteiger partial charge is 0.186 e. The van der Waals surface area contributed by atoms with E-state index in [2.05, 4.69) is 6.92 Å². The van der Waals surface area contributed by atoms with Crippen LogP contribution >= 0.6 is 0 Å². The summed E-state index contributed by atoms with van der Waals surface area (Å²) in [6.07, 6.45) is 6.43. The minimum absolute atomic E-state index is 0.224. The van der Waals surface area contributed by atoms with Crippen molar-refractivity contribution in [1.82, 2.24) is 0 Å². The van der Waals surface area contributed by atoms with E-state index < -0.39 is 5.60 Å². The van der Waals surface area contributed by atoms with Gasteiger partial charge in [0.25, 0.3) is 0 Å². The normalized spacial score (nSPS) is 12.3. The van der Waals surface area contributed by atoms with Crippen molar-refractivity contribution in [1.29, 1.82) is 0 Å². The molecule has 0 amide bonds. The molecule has 12 heavy (non-hydrogen) atoms. The molecule has 0 aliphatic heterocycles. The summed E-state index contributed by atoms with van der Waals surface area (Å²) in [5.41, 5.74) is -1.22. The lowest BCUT2D eigenvalue weighted by Crippen LogP contribution is -2.29. The van der Waals surface area contributed by atoms with Crippen LogP contribution in [0.2, 0.25) is 0 Å². The Kier molecular flexibility index (Phi) is 4.83. The zero-order valence-corrected chi connectivity index (χ0v) is 8.13. The number of hydrogen-bond acceptors (Lipinski definition) is 2. The molecule has 0 bridgehead atoms. The van der Waals surface area contributed by atoms with Crippen LogP contribution in [-0.4, -0.2) is 16.5 Å². The molecule has 0 aliphatic rings. The molecule has 0 radical (unpaired) electrons. The Hall–Kier alpha value is -0.630. The summed E-state index contributed by atoms with van der Waals surface area (Å²) in [5.74, 6) is -0.224. The minimum atomic E-state index is -1.22. The first-order valence-corrected chi connectivity index (χ1v) is 4.42. The maximum absolute atomic E-state index is 11.1. The topological polar surface area (TPSA) is 37.3 Å². The zero-order chi connectivity index (χ0) is 9.61. The second-order valence-corrected chi connectivity index (χ2v) is 3.47. The van der Waals surface area contributed by atoms with E-state index in [1.165, 1.54) is 19.9 Å². The van der Waals surface area contributed by atoms with E-state index >= 15 is 0 Å². The number of hydrogen-bond donors (Lipinski definition) is 1. The Balaban J connectivity index is 3.77. The highest BCUT2D eigenvalue weighted by molar-refractivity contribution is 5.95. The number of carbonyl (C=O) groups is 1. The van der Waals surface area contributed by atoms with Gasteiger partial charge in [0.15, 0.2) is 5.78 Å². The van der Waals surface area contributed by atoms with Gasteiger partial charge < -0.3 is 5.11 Å². The predicted molar refractivity (Wildman–Crippen MR) is 50.0 cm³/mol. The van der Waals surface area contributed by atoms with Gasteiger partial charge in [-0.2, -0.15) is 0 Å². The van der Waals surface area contributed by atoms with Crippen LogP contribution in [0.1, 0.15) is 40.0 Å². The van der Waals surface area contributed by atoms with Crippen LogP contribution in [-0.2, 0) is 4.79 Å². The fourth-order valence-corrected chi connectivity index (χ4v) is 0.716. The molecule has 0 aromatic heterocycles. The van der Waals surface area contributed by atoms with Gasteiger partial charge in [0, 0.05) is 0 Å². The van der Waals surface area contributed by atoms with Gasteiger partial charge in [-0.25, -0.2) is 0 Å². The SMILES string of the molecule is CCCC/C=C/C(=O)C(C)(C)O. The summed E-state index contributed by atoms with van der Waals surface area (Å²) in [7, 11) is 0. The average Bonchev–Trinajstić information content (AvgIpc) is 1.96. The van der Waals surface area contributed by atoms with Gasteiger partial charge in [-0.15, -0.1) is 0 Å². The van der Waals surface area contributed by atoms with Gasteiger partial charge in [-0.05, 0) is 26.3 Å². The highest BCUT2D eigenvalue weighted by atomic mass is 16.3. The van der Waals surface area contributed by atoms with Crippen molar-refractivity contribution in [2.45, 2.75) is 45.6 Å². The molecule has 0 rings (SSSR count). The highest BCUT2D eigenvalue weighted by Gasteiger charge is 2.20. The molecule has 70 valence electrons. The molecule has 0 spiro atoms. The highest BCUT2D eigenvalue weighted by Crippen LogP contribution is 2.04. The van der Waals surface area contributed by atoms with Crippen LogP contribution < -0.4 is 0 Å². The van der Waals surface area contributed by atoms with Crippen LogP contribution in [0.4, 0.5) is 0 Å². The standard InChI is InChI=1S/C10H18O2/c1-4-5-6-7-8-9(11)10(2,3)12/h7-8,12H,4-6H2,1-3H3/b8-7+. The fraction of sp³-hybridized carbons (Fsp3) is 0.700. The molecule has 1 N–H and O–H groups in total. The maximum Gasteiger partial charge on any atom is 0.186 e. The molecule has 0 atom stereocenters. The summed E-state index contributed by atoms with van der Waals surface area (Å²) in [6, 6.07) is 0. The van der Waals surface area contributed by atoms with Crippen molar-refractivity contribution < 1.29 is 9.90 Å². The van der Waals surface area contributed by atoms with Crippen LogP contribution in [0.3, 0.4) is 0 Å². The van der Waals surface area contributed by atoms with Gasteiger partial charge >= 0.3 is 0 Å². The van der Waals surface area contributed by atoms with Crippen LogP contribution in [0.5, 0.6) is 0 Å². The number of allylic oxidation sites excluding steroid dienone is 1. The van der Waals surface area contributed by atoms with E-state index in [-0.39, 0.29) is 5.78 Å². The lowest BCUT2D eigenvalue weighted by molar-refractivity contribution is -0.128. The van der Waals surface area contributed by atoms with Gasteiger partial charge in [0.05, 0.1) is 0 Å². The molecular weight excluding hydrogens is 152 g/mol. The molecule has 0 unspecified atom stereocenters. The first-order valence-electron chi connectivity index (χ1n) is 4.42. The van der Waals surface area contributed by atoms with Crippen molar-refractivity contribution in [3.05, 3.63) is 12.2 Å². The second kappa shape index (κ2) is 5.09. The Labute approximate surface area is 74.3 Å². The third kappa shape index (κ3) is 5.08. The lowest BCUT2D eigenvalue weighted by atomic mass is 10.0. The van der Waals surface area contributed by atoms with E-state index in [0.717, 1.165) is 19.3 Å². The zero-order valence-electron chi connectivity index (χ0n) is 8.13. The Morgan fingerprint density at radius 3 is 2.50 bits per heavy atom. The van der Waals surface area contributed by atoms with E-state index in [4.69, 9.17) is 0 Å². The largest absolute Gasteiger partial charge is 0.382 e. The molecule has 0 saturated heterocycles. The quantitative estimate of drug-likeness (QED) is 0.506. The van der Waals surface area contributed by atoms with Crippen molar-refractivity contribution in [2.75, 3.05) is 0 Å². The number of unbranched alkanes of at least 4 members (excludes halogenated alkanes) is 2. The average molecular weight is 170 g/mol. The molecule has 0 heterocycles. The Morgan fingerprint density at radius 1 is 1.50 bits per heavy atom.